The van der Waals surface area contributed by atoms with Gasteiger partial charge in [-0.2, -0.15) is 0 Å². The van der Waals surface area contributed by atoms with Crippen LogP contribution in [0.3, 0.4) is 0 Å². The monoisotopic (exact) mass is 253 g/mol. The van der Waals surface area contributed by atoms with E-state index in [0.717, 1.165) is 30.9 Å². The number of nitrogens with zero attached hydrogens (tertiary/aromatic N) is 1. The van der Waals surface area contributed by atoms with Gasteiger partial charge in [0, 0.05) is 17.6 Å². The second kappa shape index (κ2) is 5.14. The lowest BCUT2D eigenvalue weighted by atomic mass is 9.89. The SMILES string of the molecule is CCc1cnc(CNC(=O)C2(C)CCNC2)s1. The summed E-state index contributed by atoms with van der Waals surface area (Å²) in [6.45, 7) is 6.39. The number of hydrogen-bond donors (Lipinski definition) is 2. The number of amides is 1. The van der Waals surface area contributed by atoms with E-state index in [-0.39, 0.29) is 11.3 Å². The van der Waals surface area contributed by atoms with E-state index in [9.17, 15) is 4.79 Å². The first kappa shape index (κ1) is 12.5. The molecule has 17 heavy (non-hydrogen) atoms. The van der Waals surface area contributed by atoms with Gasteiger partial charge in [-0.3, -0.25) is 4.79 Å². The van der Waals surface area contributed by atoms with Crippen LogP contribution in [0.15, 0.2) is 6.20 Å². The summed E-state index contributed by atoms with van der Waals surface area (Å²) < 4.78 is 0. The lowest BCUT2D eigenvalue weighted by molar-refractivity contribution is -0.129. The maximum atomic E-state index is 12.0. The number of nitrogens with one attached hydrogen (secondary N) is 2. The lowest BCUT2D eigenvalue weighted by Crippen LogP contribution is -2.39. The molecule has 5 heteroatoms. The van der Waals surface area contributed by atoms with Gasteiger partial charge in [0.1, 0.15) is 5.01 Å². The van der Waals surface area contributed by atoms with Gasteiger partial charge in [-0.15, -0.1) is 11.3 Å². The van der Waals surface area contributed by atoms with Gasteiger partial charge >= 0.3 is 0 Å². The summed E-state index contributed by atoms with van der Waals surface area (Å²) in [5.41, 5.74) is -0.245. The zero-order valence-corrected chi connectivity index (χ0v) is 11.2. The van der Waals surface area contributed by atoms with Crippen LogP contribution in [0, 0.1) is 5.41 Å². The summed E-state index contributed by atoms with van der Waals surface area (Å²) in [5, 5.41) is 7.21. The van der Waals surface area contributed by atoms with E-state index >= 15 is 0 Å². The molecular formula is C12H19N3OS. The van der Waals surface area contributed by atoms with Crippen LogP contribution in [-0.2, 0) is 17.8 Å². The molecule has 0 aliphatic carbocycles. The third-order valence-corrected chi connectivity index (χ3v) is 4.41. The number of thiazole rings is 1. The van der Waals surface area contributed by atoms with Gasteiger partial charge in [0.15, 0.2) is 0 Å². The predicted molar refractivity (Wildman–Crippen MR) is 68.9 cm³/mol. The molecule has 1 atom stereocenters. The third-order valence-electron chi connectivity index (χ3n) is 3.27. The fourth-order valence-corrected chi connectivity index (χ4v) is 2.78. The molecule has 1 amide bonds. The Bertz CT molecular complexity index is 396. The number of rotatable bonds is 4. The summed E-state index contributed by atoms with van der Waals surface area (Å²) in [6.07, 6.45) is 3.81. The van der Waals surface area contributed by atoms with E-state index in [1.807, 2.05) is 13.1 Å². The van der Waals surface area contributed by atoms with Crippen molar-refractivity contribution in [3.05, 3.63) is 16.1 Å². The Morgan fingerprint density at radius 1 is 1.71 bits per heavy atom. The topological polar surface area (TPSA) is 54.0 Å². The summed E-state index contributed by atoms with van der Waals surface area (Å²) in [5.74, 6) is 0.135. The van der Waals surface area contributed by atoms with Crippen molar-refractivity contribution in [3.8, 4) is 0 Å². The first-order valence-electron chi connectivity index (χ1n) is 6.06. The van der Waals surface area contributed by atoms with Gasteiger partial charge in [0.25, 0.3) is 0 Å². The largest absolute Gasteiger partial charge is 0.349 e. The summed E-state index contributed by atoms with van der Waals surface area (Å²) in [6, 6.07) is 0. The zero-order chi connectivity index (χ0) is 12.3. The number of hydrogen-bond acceptors (Lipinski definition) is 4. The standard InChI is InChI=1S/C12H19N3OS/c1-3-9-6-14-10(17-9)7-15-11(16)12(2)4-5-13-8-12/h6,13H,3-5,7-8H2,1-2H3,(H,15,16). The minimum Gasteiger partial charge on any atom is -0.349 e. The molecule has 4 nitrogen and oxygen atoms in total. The molecule has 2 rings (SSSR count). The van der Waals surface area contributed by atoms with Crippen LogP contribution in [-0.4, -0.2) is 24.0 Å². The van der Waals surface area contributed by atoms with Crippen molar-refractivity contribution in [2.45, 2.75) is 33.2 Å². The molecule has 2 heterocycles. The smallest absolute Gasteiger partial charge is 0.227 e. The van der Waals surface area contributed by atoms with Crippen LogP contribution in [0.2, 0.25) is 0 Å². The number of aryl methyl sites for hydroxylation is 1. The van der Waals surface area contributed by atoms with Gasteiger partial charge in [-0.25, -0.2) is 4.98 Å². The van der Waals surface area contributed by atoms with E-state index in [0.29, 0.717) is 6.54 Å². The maximum Gasteiger partial charge on any atom is 0.227 e. The molecule has 1 unspecified atom stereocenters. The van der Waals surface area contributed by atoms with Crippen molar-refractivity contribution in [2.24, 2.45) is 5.41 Å². The Kier molecular flexibility index (Phi) is 3.79. The fourth-order valence-electron chi connectivity index (χ4n) is 1.97. The molecule has 0 aromatic carbocycles. The zero-order valence-electron chi connectivity index (χ0n) is 10.4. The van der Waals surface area contributed by atoms with E-state index < -0.39 is 0 Å². The van der Waals surface area contributed by atoms with Gasteiger partial charge < -0.3 is 10.6 Å². The van der Waals surface area contributed by atoms with Gasteiger partial charge in [-0.1, -0.05) is 6.92 Å². The van der Waals surface area contributed by atoms with Crippen molar-refractivity contribution in [1.82, 2.24) is 15.6 Å². The first-order valence-corrected chi connectivity index (χ1v) is 6.88. The quantitative estimate of drug-likeness (QED) is 0.851. The molecule has 1 aliphatic rings. The molecule has 94 valence electrons. The molecule has 1 aromatic rings. The molecular weight excluding hydrogens is 234 g/mol. The maximum absolute atomic E-state index is 12.0. The molecule has 2 N–H and O–H groups in total. The summed E-state index contributed by atoms with van der Waals surface area (Å²) in [4.78, 5) is 17.6. The minimum absolute atomic E-state index is 0.135. The van der Waals surface area contributed by atoms with Gasteiger partial charge in [0.2, 0.25) is 5.91 Å². The number of carbonyl (C=O) groups is 1. The van der Waals surface area contributed by atoms with Crippen molar-refractivity contribution < 1.29 is 4.79 Å². The molecule has 0 spiro atoms. The second-order valence-corrected chi connectivity index (χ2v) is 5.94. The van der Waals surface area contributed by atoms with Crippen molar-refractivity contribution >= 4 is 17.2 Å². The van der Waals surface area contributed by atoms with Crippen LogP contribution in [0.25, 0.3) is 0 Å². The van der Waals surface area contributed by atoms with Gasteiger partial charge in [0.05, 0.1) is 12.0 Å². The average molecular weight is 253 g/mol. The Morgan fingerprint density at radius 2 is 2.53 bits per heavy atom. The van der Waals surface area contributed by atoms with E-state index in [2.05, 4.69) is 22.5 Å². The van der Waals surface area contributed by atoms with E-state index in [1.165, 1.54) is 4.88 Å². The van der Waals surface area contributed by atoms with E-state index in [4.69, 9.17) is 0 Å². The van der Waals surface area contributed by atoms with E-state index in [1.54, 1.807) is 11.3 Å². The molecule has 0 saturated carbocycles. The van der Waals surface area contributed by atoms with Crippen LogP contribution in [0.5, 0.6) is 0 Å². The third kappa shape index (κ3) is 2.84. The first-order chi connectivity index (χ1) is 8.14. The molecule has 0 radical (unpaired) electrons. The second-order valence-electron chi connectivity index (χ2n) is 4.74. The highest BCUT2D eigenvalue weighted by Gasteiger charge is 2.35. The highest BCUT2D eigenvalue weighted by Crippen LogP contribution is 2.24. The Labute approximate surface area is 106 Å². The Morgan fingerprint density at radius 3 is 3.12 bits per heavy atom. The predicted octanol–water partition coefficient (Wildman–Crippen LogP) is 1.32. The van der Waals surface area contributed by atoms with Crippen LogP contribution >= 0.6 is 11.3 Å². The van der Waals surface area contributed by atoms with Crippen molar-refractivity contribution in [2.75, 3.05) is 13.1 Å². The molecule has 0 bridgehead atoms. The molecule has 1 aromatic heterocycles. The van der Waals surface area contributed by atoms with Crippen LogP contribution in [0.4, 0.5) is 0 Å². The van der Waals surface area contributed by atoms with Crippen LogP contribution in [0.1, 0.15) is 30.2 Å². The average Bonchev–Trinajstić information content (AvgIpc) is 2.95. The highest BCUT2D eigenvalue weighted by atomic mass is 32.1. The number of carbonyl (C=O) groups excluding carboxylic acids is 1. The van der Waals surface area contributed by atoms with Crippen LogP contribution < -0.4 is 10.6 Å². The lowest BCUT2D eigenvalue weighted by Gasteiger charge is -2.20. The fraction of sp³-hybridized carbons (Fsp3) is 0.667. The summed E-state index contributed by atoms with van der Waals surface area (Å²) in [7, 11) is 0. The Balaban J connectivity index is 1.87. The molecule has 1 saturated heterocycles. The normalized spacial score (nSPS) is 23.9. The highest BCUT2D eigenvalue weighted by molar-refractivity contribution is 7.11. The minimum atomic E-state index is -0.245. The molecule has 1 fully saturated rings. The number of aromatic nitrogens is 1. The molecule has 1 aliphatic heterocycles. The van der Waals surface area contributed by atoms with Crippen molar-refractivity contribution in [1.29, 1.82) is 0 Å². The van der Waals surface area contributed by atoms with Gasteiger partial charge in [-0.05, 0) is 26.3 Å². The van der Waals surface area contributed by atoms with Crippen molar-refractivity contribution in [3.63, 3.8) is 0 Å². The summed E-state index contributed by atoms with van der Waals surface area (Å²) >= 11 is 1.67. The Hall–Kier alpha value is -0.940.